The number of nitrogens with zero attached hydrogens (tertiary/aromatic N) is 1. The zero-order valence-electron chi connectivity index (χ0n) is 4.87. The number of rotatable bonds is 2. The number of nitrogens with two attached hydrogens (primary N) is 2. The van der Waals surface area contributed by atoms with Crippen LogP contribution in [0.4, 0.5) is 0 Å². The predicted molar refractivity (Wildman–Crippen MR) is 29.4 cm³/mol. The van der Waals surface area contributed by atoms with Crippen molar-refractivity contribution in [3.05, 3.63) is 0 Å². The van der Waals surface area contributed by atoms with Crippen LogP contribution in [-0.2, 0) is 4.84 Å². The fourth-order valence-corrected chi connectivity index (χ4v) is 0.628. The van der Waals surface area contributed by atoms with E-state index in [1.54, 1.807) is 0 Å². The van der Waals surface area contributed by atoms with Gasteiger partial charge in [-0.15, -0.1) is 5.17 Å². The van der Waals surface area contributed by atoms with Crippen LogP contribution >= 0.6 is 0 Å². The molecular formula is C4H11N3O. The molecule has 0 aliphatic heterocycles. The van der Waals surface area contributed by atoms with Gasteiger partial charge in [0.15, 0.2) is 0 Å². The molecule has 0 aromatic rings. The maximum Gasteiger partial charge on any atom is 0.0676 e. The Balaban J connectivity index is 2.18. The maximum atomic E-state index is 5.44. The smallest absolute Gasteiger partial charge is 0.0676 e. The lowest BCUT2D eigenvalue weighted by Gasteiger charge is -2.10. The number of hydroxylamine groups is 1. The largest absolute Gasteiger partial charge is 0.326 e. The lowest BCUT2D eigenvalue weighted by molar-refractivity contribution is -0.142. The Morgan fingerprint density at radius 3 is 2.38 bits per heavy atom. The van der Waals surface area contributed by atoms with E-state index in [-0.39, 0.29) is 12.1 Å². The van der Waals surface area contributed by atoms with Crippen molar-refractivity contribution in [3.63, 3.8) is 0 Å². The molecule has 4 N–H and O–H groups in total. The molecule has 4 nitrogen and oxygen atoms in total. The van der Waals surface area contributed by atoms with Crippen LogP contribution in [0.2, 0.25) is 0 Å². The molecule has 1 rings (SSSR count). The van der Waals surface area contributed by atoms with Gasteiger partial charge in [0.05, 0.1) is 13.2 Å². The van der Waals surface area contributed by atoms with E-state index in [1.807, 2.05) is 0 Å². The summed E-state index contributed by atoms with van der Waals surface area (Å²) in [6, 6.07) is 0.472. The summed E-state index contributed by atoms with van der Waals surface area (Å²) in [5.41, 5.74) is 5.44. The molecule has 0 saturated heterocycles. The average Bonchev–Trinajstić information content (AvgIpc) is 2.45. The first-order valence-electron chi connectivity index (χ1n) is 2.59. The monoisotopic (exact) mass is 117 g/mol. The van der Waals surface area contributed by atoms with Crippen molar-refractivity contribution in [2.45, 2.75) is 18.5 Å². The number of hydrogen-bond donors (Lipinski definition) is 2. The molecular weight excluding hydrogens is 106 g/mol. The molecule has 0 radical (unpaired) electrons. The molecule has 4 heteroatoms. The van der Waals surface area contributed by atoms with Gasteiger partial charge < -0.3 is 5.73 Å². The Morgan fingerprint density at radius 1 is 1.75 bits per heavy atom. The summed E-state index contributed by atoms with van der Waals surface area (Å²) in [4.78, 5) is 4.68. The number of hydrazine groups is 1. The maximum absolute atomic E-state index is 5.44. The topological polar surface area (TPSA) is 64.5 Å². The van der Waals surface area contributed by atoms with Crippen molar-refractivity contribution >= 4 is 0 Å². The molecule has 0 aromatic heterocycles. The normalized spacial score (nSPS) is 36.0. The van der Waals surface area contributed by atoms with Gasteiger partial charge in [-0.25, -0.2) is 5.84 Å². The highest BCUT2D eigenvalue weighted by atomic mass is 16.7. The van der Waals surface area contributed by atoms with Crippen molar-refractivity contribution < 1.29 is 4.84 Å². The highest BCUT2D eigenvalue weighted by molar-refractivity contribution is 4.94. The SMILES string of the molecule is CON(N)C1CC1N. The second kappa shape index (κ2) is 1.99. The molecule has 48 valence electrons. The van der Waals surface area contributed by atoms with Gasteiger partial charge in [0.2, 0.25) is 0 Å². The van der Waals surface area contributed by atoms with Crippen LogP contribution in [0.5, 0.6) is 0 Å². The van der Waals surface area contributed by atoms with Gasteiger partial charge in [0.1, 0.15) is 0 Å². The van der Waals surface area contributed by atoms with E-state index in [4.69, 9.17) is 11.6 Å². The second-order valence-corrected chi connectivity index (χ2v) is 2.01. The standard InChI is InChI=1S/C4H11N3O/c1-8-7(6)4-2-3(4)5/h3-4H,2,5-6H2,1H3. The van der Waals surface area contributed by atoms with E-state index in [0.29, 0.717) is 0 Å². The van der Waals surface area contributed by atoms with E-state index in [9.17, 15) is 0 Å². The summed E-state index contributed by atoms with van der Waals surface area (Å²) < 4.78 is 0. The lowest BCUT2D eigenvalue weighted by Crippen LogP contribution is -2.35. The van der Waals surface area contributed by atoms with Gasteiger partial charge >= 0.3 is 0 Å². The minimum Gasteiger partial charge on any atom is -0.326 e. The zero-order chi connectivity index (χ0) is 6.15. The summed E-state index contributed by atoms with van der Waals surface area (Å²) in [6.45, 7) is 0. The van der Waals surface area contributed by atoms with Crippen molar-refractivity contribution in [2.24, 2.45) is 11.6 Å². The first-order chi connectivity index (χ1) is 3.75. The molecule has 1 saturated carbocycles. The summed E-state index contributed by atoms with van der Waals surface area (Å²) in [7, 11) is 1.53. The lowest BCUT2D eigenvalue weighted by atomic mass is 10.7. The third-order valence-corrected chi connectivity index (χ3v) is 1.34. The number of hydrogen-bond acceptors (Lipinski definition) is 4. The molecule has 1 aliphatic rings. The van der Waals surface area contributed by atoms with Crippen LogP contribution in [0.25, 0.3) is 0 Å². The van der Waals surface area contributed by atoms with Crippen LogP contribution in [0.1, 0.15) is 6.42 Å². The quantitative estimate of drug-likeness (QED) is 0.353. The second-order valence-electron chi connectivity index (χ2n) is 2.01. The highest BCUT2D eigenvalue weighted by Crippen LogP contribution is 2.22. The Labute approximate surface area is 48.3 Å². The summed E-state index contributed by atoms with van der Waals surface area (Å²) in [5.74, 6) is 5.30. The first kappa shape index (κ1) is 5.97. The molecule has 0 bridgehead atoms. The highest BCUT2D eigenvalue weighted by Gasteiger charge is 2.38. The van der Waals surface area contributed by atoms with Gasteiger partial charge in [-0.05, 0) is 6.42 Å². The molecule has 2 unspecified atom stereocenters. The van der Waals surface area contributed by atoms with Gasteiger partial charge in [0, 0.05) is 6.04 Å². The van der Waals surface area contributed by atoms with E-state index in [1.165, 1.54) is 12.3 Å². The van der Waals surface area contributed by atoms with Crippen LogP contribution in [-0.4, -0.2) is 24.4 Å². The third-order valence-electron chi connectivity index (χ3n) is 1.34. The van der Waals surface area contributed by atoms with E-state index in [2.05, 4.69) is 4.84 Å². The van der Waals surface area contributed by atoms with Gasteiger partial charge in [-0.2, -0.15) is 0 Å². The Hall–Kier alpha value is -0.160. The zero-order valence-corrected chi connectivity index (χ0v) is 4.87. The summed E-state index contributed by atoms with van der Waals surface area (Å²) >= 11 is 0. The van der Waals surface area contributed by atoms with Gasteiger partial charge in [-0.1, -0.05) is 0 Å². The molecule has 8 heavy (non-hydrogen) atoms. The molecule has 2 atom stereocenters. The van der Waals surface area contributed by atoms with Crippen LogP contribution < -0.4 is 11.6 Å². The van der Waals surface area contributed by atoms with E-state index < -0.39 is 0 Å². The first-order valence-corrected chi connectivity index (χ1v) is 2.59. The molecule has 0 spiro atoms. The molecule has 0 heterocycles. The van der Waals surface area contributed by atoms with Crippen molar-refractivity contribution in [2.75, 3.05) is 7.11 Å². The predicted octanol–water partition coefficient (Wildman–Crippen LogP) is -1.18. The van der Waals surface area contributed by atoms with Crippen LogP contribution in [0.15, 0.2) is 0 Å². The van der Waals surface area contributed by atoms with Crippen LogP contribution in [0.3, 0.4) is 0 Å². The van der Waals surface area contributed by atoms with Crippen molar-refractivity contribution in [1.29, 1.82) is 0 Å². The molecule has 1 fully saturated rings. The molecule has 1 aliphatic carbocycles. The molecule has 0 amide bonds. The molecule has 0 aromatic carbocycles. The van der Waals surface area contributed by atoms with Gasteiger partial charge in [-0.3, -0.25) is 4.84 Å². The minimum absolute atomic E-state index is 0.222. The Bertz CT molecular complexity index is 85.4. The summed E-state index contributed by atoms with van der Waals surface area (Å²) in [5, 5.41) is 1.30. The van der Waals surface area contributed by atoms with Crippen molar-refractivity contribution in [1.82, 2.24) is 5.17 Å². The van der Waals surface area contributed by atoms with Gasteiger partial charge in [0.25, 0.3) is 0 Å². The Kier molecular flexibility index (Phi) is 1.48. The minimum atomic E-state index is 0.222. The summed E-state index contributed by atoms with van der Waals surface area (Å²) in [6.07, 6.45) is 0.949. The van der Waals surface area contributed by atoms with E-state index >= 15 is 0 Å². The fraction of sp³-hybridized carbons (Fsp3) is 1.00. The fourth-order valence-electron chi connectivity index (χ4n) is 0.628. The Morgan fingerprint density at radius 2 is 2.25 bits per heavy atom. The van der Waals surface area contributed by atoms with Crippen LogP contribution in [0, 0.1) is 0 Å². The third kappa shape index (κ3) is 0.976. The average molecular weight is 117 g/mol. The van der Waals surface area contributed by atoms with E-state index in [0.717, 1.165) is 6.42 Å². The van der Waals surface area contributed by atoms with Crippen molar-refractivity contribution in [3.8, 4) is 0 Å².